The van der Waals surface area contributed by atoms with Crippen molar-refractivity contribution < 1.29 is 14.2 Å². The van der Waals surface area contributed by atoms with Gasteiger partial charge >= 0.3 is 0 Å². The fourth-order valence-electron chi connectivity index (χ4n) is 2.11. The quantitative estimate of drug-likeness (QED) is 0.784. The van der Waals surface area contributed by atoms with E-state index < -0.39 is 6.10 Å². The van der Waals surface area contributed by atoms with Crippen LogP contribution in [0.5, 0.6) is 5.75 Å². The fraction of sp³-hybridized carbons (Fsp3) is 0.231. The van der Waals surface area contributed by atoms with E-state index in [4.69, 9.17) is 16.3 Å². The zero-order valence-corrected chi connectivity index (χ0v) is 12.7. The van der Waals surface area contributed by atoms with Gasteiger partial charge < -0.3 is 9.84 Å². The first-order valence-electron chi connectivity index (χ1n) is 5.63. The van der Waals surface area contributed by atoms with Crippen molar-refractivity contribution in [1.82, 2.24) is 0 Å². The molecule has 2 heterocycles. The summed E-state index contributed by atoms with van der Waals surface area (Å²) >= 11 is 10.7. The first-order chi connectivity index (χ1) is 9.04. The minimum atomic E-state index is -0.658. The molecule has 2 unspecified atom stereocenters. The molecule has 1 aromatic carbocycles. The van der Waals surface area contributed by atoms with Gasteiger partial charge in [-0.3, -0.25) is 0 Å². The van der Waals surface area contributed by atoms with Crippen LogP contribution in [0.1, 0.15) is 29.1 Å². The molecule has 0 amide bonds. The van der Waals surface area contributed by atoms with Crippen LogP contribution in [0.15, 0.2) is 28.7 Å². The van der Waals surface area contributed by atoms with Gasteiger partial charge in [-0.1, -0.05) is 11.6 Å². The molecule has 0 saturated heterocycles. The van der Waals surface area contributed by atoms with Crippen molar-refractivity contribution in [3.63, 3.8) is 0 Å². The largest absolute Gasteiger partial charge is 0.484 e. The number of hydrogen-bond donors (Lipinski definition) is 1. The Kier molecular flexibility index (Phi) is 3.55. The molecule has 100 valence electrons. The van der Waals surface area contributed by atoms with Gasteiger partial charge in [0.2, 0.25) is 0 Å². The van der Waals surface area contributed by atoms with Crippen LogP contribution in [0.3, 0.4) is 0 Å². The standard InChI is InChI=1S/C13H9BrClFO2S/c14-8-4-12(19-13(8)15)11-5-9(17)7-2-1-6(16)3-10(7)18-11/h1-4,9,11,17H,5H2. The third-order valence-electron chi connectivity index (χ3n) is 3.02. The number of fused-ring (bicyclic) bond motifs is 1. The minimum Gasteiger partial charge on any atom is -0.484 e. The Labute approximate surface area is 126 Å². The molecule has 1 aromatic heterocycles. The van der Waals surface area contributed by atoms with Crippen LogP contribution in [-0.2, 0) is 0 Å². The number of aliphatic hydroxyl groups excluding tert-OH is 1. The smallest absolute Gasteiger partial charge is 0.136 e. The van der Waals surface area contributed by atoms with Crippen LogP contribution < -0.4 is 4.74 Å². The Morgan fingerprint density at radius 1 is 1.42 bits per heavy atom. The zero-order chi connectivity index (χ0) is 13.6. The van der Waals surface area contributed by atoms with Crippen molar-refractivity contribution in [1.29, 1.82) is 0 Å². The number of rotatable bonds is 1. The van der Waals surface area contributed by atoms with Gasteiger partial charge in [0.15, 0.2) is 0 Å². The number of ether oxygens (including phenoxy) is 1. The number of thiophene rings is 1. The molecule has 0 saturated carbocycles. The molecule has 0 aliphatic carbocycles. The Bertz CT molecular complexity index is 612. The van der Waals surface area contributed by atoms with Crippen molar-refractivity contribution >= 4 is 38.9 Å². The van der Waals surface area contributed by atoms with Gasteiger partial charge in [-0.25, -0.2) is 4.39 Å². The Morgan fingerprint density at radius 3 is 2.89 bits per heavy atom. The average Bonchev–Trinajstić information content (AvgIpc) is 2.69. The van der Waals surface area contributed by atoms with Crippen molar-refractivity contribution in [2.45, 2.75) is 18.6 Å². The number of halogens is 3. The minimum absolute atomic E-state index is 0.307. The third-order valence-corrected chi connectivity index (χ3v) is 5.59. The molecule has 3 rings (SSSR count). The molecule has 1 aliphatic rings. The van der Waals surface area contributed by atoms with E-state index in [1.165, 1.54) is 23.5 Å². The van der Waals surface area contributed by atoms with Crippen LogP contribution >= 0.6 is 38.9 Å². The lowest BCUT2D eigenvalue weighted by Gasteiger charge is -2.29. The summed E-state index contributed by atoms with van der Waals surface area (Å²) in [4.78, 5) is 0.908. The average molecular weight is 364 g/mol. The first kappa shape index (κ1) is 13.4. The predicted octanol–water partition coefficient (Wildman–Crippen LogP) is 4.86. The highest BCUT2D eigenvalue weighted by molar-refractivity contribution is 9.10. The Balaban J connectivity index is 1.96. The summed E-state index contributed by atoms with van der Waals surface area (Å²) in [7, 11) is 0. The van der Waals surface area contributed by atoms with Crippen molar-refractivity contribution in [2.24, 2.45) is 0 Å². The summed E-state index contributed by atoms with van der Waals surface area (Å²) in [5, 5.41) is 10.1. The lowest BCUT2D eigenvalue weighted by molar-refractivity contribution is 0.0670. The molecule has 0 fully saturated rings. The molecular formula is C13H9BrClFO2S. The molecule has 1 aliphatic heterocycles. The monoisotopic (exact) mass is 362 g/mol. The van der Waals surface area contributed by atoms with E-state index in [1.807, 2.05) is 6.07 Å². The Hall–Kier alpha value is -0.620. The normalized spacial score (nSPS) is 21.9. The van der Waals surface area contributed by atoms with E-state index in [0.717, 1.165) is 9.35 Å². The van der Waals surface area contributed by atoms with E-state index in [1.54, 1.807) is 6.07 Å². The lowest BCUT2D eigenvalue weighted by Crippen LogP contribution is -2.18. The van der Waals surface area contributed by atoms with Gasteiger partial charge in [0.25, 0.3) is 0 Å². The Morgan fingerprint density at radius 2 is 2.21 bits per heavy atom. The lowest BCUT2D eigenvalue weighted by atomic mass is 9.98. The number of aliphatic hydroxyl groups is 1. The summed E-state index contributed by atoms with van der Waals surface area (Å²) in [6.45, 7) is 0. The molecule has 0 bridgehead atoms. The molecule has 6 heteroatoms. The highest BCUT2D eigenvalue weighted by Gasteiger charge is 2.29. The molecule has 2 nitrogen and oxygen atoms in total. The molecular weight excluding hydrogens is 355 g/mol. The van der Waals surface area contributed by atoms with Crippen molar-refractivity contribution in [3.05, 3.63) is 49.3 Å². The predicted molar refractivity (Wildman–Crippen MR) is 76.4 cm³/mol. The van der Waals surface area contributed by atoms with Crippen molar-refractivity contribution in [3.8, 4) is 5.75 Å². The summed E-state index contributed by atoms with van der Waals surface area (Å²) in [5.74, 6) is 0.0152. The van der Waals surface area contributed by atoms with Gasteiger partial charge in [0.1, 0.15) is 22.0 Å². The van der Waals surface area contributed by atoms with E-state index in [0.29, 0.717) is 22.1 Å². The summed E-state index contributed by atoms with van der Waals surface area (Å²) in [6.07, 6.45) is -0.533. The molecule has 1 N–H and O–H groups in total. The fourth-order valence-corrected chi connectivity index (χ4v) is 3.89. The zero-order valence-electron chi connectivity index (χ0n) is 9.57. The summed E-state index contributed by atoms with van der Waals surface area (Å²) in [5.41, 5.74) is 0.624. The van der Waals surface area contributed by atoms with Gasteiger partial charge in [0.05, 0.1) is 6.10 Å². The molecule has 0 radical (unpaired) electrons. The number of benzene rings is 1. The second-order valence-corrected chi connectivity index (χ2v) is 6.85. The number of hydrogen-bond acceptors (Lipinski definition) is 3. The molecule has 2 atom stereocenters. The third kappa shape index (κ3) is 2.52. The van der Waals surface area contributed by atoms with Crippen LogP contribution in [0.25, 0.3) is 0 Å². The van der Waals surface area contributed by atoms with E-state index in [-0.39, 0.29) is 11.9 Å². The van der Waals surface area contributed by atoms with Crippen LogP contribution in [0, 0.1) is 5.82 Å². The first-order valence-corrected chi connectivity index (χ1v) is 7.62. The van der Waals surface area contributed by atoms with E-state index in [2.05, 4.69) is 15.9 Å². The van der Waals surface area contributed by atoms with Crippen molar-refractivity contribution in [2.75, 3.05) is 0 Å². The van der Waals surface area contributed by atoms with Gasteiger partial charge in [0, 0.05) is 27.4 Å². The highest BCUT2D eigenvalue weighted by Crippen LogP contribution is 2.44. The summed E-state index contributed by atoms with van der Waals surface area (Å²) < 4.78 is 20.4. The van der Waals surface area contributed by atoms with E-state index >= 15 is 0 Å². The highest BCUT2D eigenvalue weighted by atomic mass is 79.9. The maximum absolute atomic E-state index is 13.2. The van der Waals surface area contributed by atoms with Gasteiger partial charge in [-0.05, 0) is 34.1 Å². The second kappa shape index (κ2) is 5.05. The SMILES string of the molecule is OC1CC(c2cc(Br)c(Cl)s2)Oc2cc(F)ccc21. The maximum Gasteiger partial charge on any atom is 0.136 e. The summed E-state index contributed by atoms with van der Waals surface area (Å²) in [6, 6.07) is 6.05. The molecule has 2 aromatic rings. The van der Waals surface area contributed by atoms with Crippen LogP contribution in [0.2, 0.25) is 4.34 Å². The second-order valence-electron chi connectivity index (χ2n) is 4.31. The molecule has 19 heavy (non-hydrogen) atoms. The maximum atomic E-state index is 13.2. The van der Waals surface area contributed by atoms with Gasteiger partial charge in [-0.2, -0.15) is 0 Å². The van der Waals surface area contributed by atoms with Crippen LogP contribution in [0.4, 0.5) is 4.39 Å². The topological polar surface area (TPSA) is 29.5 Å². The van der Waals surface area contributed by atoms with Crippen LogP contribution in [-0.4, -0.2) is 5.11 Å². The molecule has 0 spiro atoms. The van der Waals surface area contributed by atoms with E-state index in [9.17, 15) is 9.50 Å². The van der Waals surface area contributed by atoms with Gasteiger partial charge in [-0.15, -0.1) is 11.3 Å².